The van der Waals surface area contributed by atoms with Gasteiger partial charge in [-0.3, -0.25) is 9.97 Å². The summed E-state index contributed by atoms with van der Waals surface area (Å²) in [6.07, 6.45) is 3.70. The third-order valence-corrected chi connectivity index (χ3v) is 5.03. The van der Waals surface area contributed by atoms with Crippen molar-refractivity contribution in [3.05, 3.63) is 84.9 Å². The van der Waals surface area contributed by atoms with Crippen LogP contribution in [0.5, 0.6) is 0 Å². The second kappa shape index (κ2) is 6.20. The number of nitrogens with zero attached hydrogens (tertiary/aromatic N) is 2. The second-order valence-corrected chi connectivity index (χ2v) is 6.33. The molecular weight excluding hydrogens is 299 g/mol. The van der Waals surface area contributed by atoms with Gasteiger partial charge in [-0.2, -0.15) is 0 Å². The lowest BCUT2D eigenvalue weighted by Crippen LogP contribution is -1.87. The maximum Gasteiger partial charge on any atom is 0.0746 e. The van der Waals surface area contributed by atoms with Crippen LogP contribution in [0.15, 0.2) is 84.9 Å². The summed E-state index contributed by atoms with van der Waals surface area (Å²) in [6.45, 7) is 0. The van der Waals surface area contributed by atoms with Gasteiger partial charge in [0, 0.05) is 23.3 Å². The first-order valence-corrected chi connectivity index (χ1v) is 8.61. The van der Waals surface area contributed by atoms with Gasteiger partial charge in [-0.25, -0.2) is 0 Å². The molecule has 4 aromatic rings. The molecule has 1 unspecified atom stereocenters. The van der Waals surface area contributed by atoms with Gasteiger partial charge < -0.3 is 0 Å². The Kier molecular flexibility index (Phi) is 3.75. The van der Waals surface area contributed by atoms with Crippen molar-refractivity contribution < 1.29 is 0 Å². The van der Waals surface area contributed by atoms with E-state index in [9.17, 15) is 0 Å². The summed E-state index contributed by atoms with van der Waals surface area (Å²) in [6, 6.07) is 22.6. The SMILES string of the molecule is c1ccc(-c2c[pH]c(-c3ccccn3)c2-c2ccccn2)cc1. The normalized spacial score (nSPS) is 11.0. The molecule has 0 aliphatic rings. The van der Waals surface area contributed by atoms with Crippen LogP contribution in [-0.2, 0) is 0 Å². The monoisotopic (exact) mass is 314 g/mol. The van der Waals surface area contributed by atoms with E-state index in [0.29, 0.717) is 8.19 Å². The minimum Gasteiger partial charge on any atom is -0.256 e. The van der Waals surface area contributed by atoms with Gasteiger partial charge in [0.1, 0.15) is 0 Å². The zero-order chi connectivity index (χ0) is 15.5. The standard InChI is InChI=1S/C20H15N2P/c1-2-8-15(9-3-1)16-14-23-20(18-11-5-7-13-22-18)19(16)17-10-4-6-12-21-17/h1-14,23H. The zero-order valence-corrected chi connectivity index (χ0v) is 13.5. The van der Waals surface area contributed by atoms with Crippen LogP contribution in [0, 0.1) is 0 Å². The quantitative estimate of drug-likeness (QED) is 0.498. The molecule has 4 rings (SSSR count). The Balaban J connectivity index is 1.97. The van der Waals surface area contributed by atoms with Crippen LogP contribution in [0.4, 0.5) is 0 Å². The summed E-state index contributed by atoms with van der Waals surface area (Å²) in [4.78, 5) is 9.14. The molecule has 3 heterocycles. The Morgan fingerprint density at radius 1 is 0.652 bits per heavy atom. The topological polar surface area (TPSA) is 25.8 Å². The average molecular weight is 314 g/mol. The Labute approximate surface area is 137 Å². The van der Waals surface area contributed by atoms with Gasteiger partial charge in [-0.15, -0.1) is 8.19 Å². The fourth-order valence-electron chi connectivity index (χ4n) is 2.76. The highest BCUT2D eigenvalue weighted by Crippen LogP contribution is 2.45. The number of hydrogen-bond acceptors (Lipinski definition) is 2. The minimum absolute atomic E-state index is 0.604. The molecule has 0 amide bonds. The average Bonchev–Trinajstić information content (AvgIpc) is 3.09. The van der Waals surface area contributed by atoms with E-state index in [0.717, 1.165) is 11.4 Å². The third-order valence-electron chi connectivity index (χ3n) is 3.81. The Hall–Kier alpha value is -2.70. The molecule has 110 valence electrons. The van der Waals surface area contributed by atoms with Crippen molar-refractivity contribution in [2.24, 2.45) is 0 Å². The molecule has 0 saturated carbocycles. The molecule has 0 spiro atoms. The highest BCUT2D eigenvalue weighted by Gasteiger charge is 2.16. The van der Waals surface area contributed by atoms with E-state index in [1.54, 1.807) is 0 Å². The van der Waals surface area contributed by atoms with Crippen molar-refractivity contribution in [1.29, 1.82) is 0 Å². The van der Waals surface area contributed by atoms with Crippen molar-refractivity contribution in [3.8, 4) is 33.4 Å². The first kappa shape index (κ1) is 13.9. The lowest BCUT2D eigenvalue weighted by Gasteiger charge is -2.08. The van der Waals surface area contributed by atoms with Crippen molar-refractivity contribution in [2.75, 3.05) is 0 Å². The molecule has 0 radical (unpaired) electrons. The van der Waals surface area contributed by atoms with Crippen LogP contribution in [0.1, 0.15) is 0 Å². The first-order valence-electron chi connectivity index (χ1n) is 7.53. The number of rotatable bonds is 3. The van der Waals surface area contributed by atoms with Gasteiger partial charge in [-0.1, -0.05) is 42.5 Å². The van der Waals surface area contributed by atoms with Gasteiger partial charge in [0.2, 0.25) is 0 Å². The summed E-state index contributed by atoms with van der Waals surface area (Å²) in [5.74, 6) is 2.31. The first-order chi connectivity index (χ1) is 11.4. The van der Waals surface area contributed by atoms with Gasteiger partial charge >= 0.3 is 0 Å². The lowest BCUT2D eigenvalue weighted by molar-refractivity contribution is 1.31. The van der Waals surface area contributed by atoms with E-state index in [2.05, 4.69) is 52.2 Å². The van der Waals surface area contributed by atoms with E-state index < -0.39 is 0 Å². The Morgan fingerprint density at radius 2 is 1.30 bits per heavy atom. The van der Waals surface area contributed by atoms with E-state index in [4.69, 9.17) is 0 Å². The summed E-state index contributed by atoms with van der Waals surface area (Å²) in [5, 5.41) is 1.27. The van der Waals surface area contributed by atoms with Crippen molar-refractivity contribution in [1.82, 2.24) is 9.97 Å². The van der Waals surface area contributed by atoms with Crippen molar-refractivity contribution in [2.45, 2.75) is 0 Å². The maximum atomic E-state index is 4.59. The second-order valence-electron chi connectivity index (χ2n) is 5.25. The van der Waals surface area contributed by atoms with Gasteiger partial charge in [-0.05, 0) is 41.2 Å². The highest BCUT2D eigenvalue weighted by atomic mass is 31.0. The molecule has 1 atom stereocenters. The van der Waals surface area contributed by atoms with Crippen molar-refractivity contribution in [3.63, 3.8) is 0 Å². The van der Waals surface area contributed by atoms with Crippen LogP contribution >= 0.6 is 8.19 Å². The number of aromatic nitrogens is 2. The van der Waals surface area contributed by atoms with E-state index in [1.165, 1.54) is 22.0 Å². The molecule has 3 heteroatoms. The Morgan fingerprint density at radius 3 is 1.96 bits per heavy atom. The molecular formula is C20H15N2P. The van der Waals surface area contributed by atoms with E-state index in [1.807, 2.05) is 42.7 Å². The minimum atomic E-state index is 0.604. The number of pyridine rings is 2. The van der Waals surface area contributed by atoms with E-state index in [-0.39, 0.29) is 0 Å². The van der Waals surface area contributed by atoms with Crippen molar-refractivity contribution >= 4 is 8.19 Å². The summed E-state index contributed by atoms with van der Waals surface area (Å²) < 4.78 is 0. The number of benzene rings is 1. The molecule has 0 bridgehead atoms. The molecule has 0 fully saturated rings. The fourth-order valence-corrected chi connectivity index (χ4v) is 4.06. The van der Waals surface area contributed by atoms with Gasteiger partial charge in [0.15, 0.2) is 0 Å². The van der Waals surface area contributed by atoms with Crippen LogP contribution in [-0.4, -0.2) is 9.97 Å². The fraction of sp³-hybridized carbons (Fsp3) is 0. The molecule has 3 aromatic heterocycles. The Bertz CT molecular complexity index is 843. The van der Waals surface area contributed by atoms with Gasteiger partial charge in [0.25, 0.3) is 0 Å². The lowest BCUT2D eigenvalue weighted by atomic mass is 9.99. The predicted molar refractivity (Wildman–Crippen MR) is 97.8 cm³/mol. The molecule has 0 N–H and O–H groups in total. The van der Waals surface area contributed by atoms with E-state index >= 15 is 0 Å². The molecule has 23 heavy (non-hydrogen) atoms. The molecule has 0 saturated heterocycles. The van der Waals surface area contributed by atoms with Crippen LogP contribution < -0.4 is 0 Å². The zero-order valence-electron chi connectivity index (χ0n) is 12.5. The summed E-state index contributed by atoms with van der Waals surface area (Å²) in [5.41, 5.74) is 5.73. The summed E-state index contributed by atoms with van der Waals surface area (Å²) >= 11 is 0. The summed E-state index contributed by atoms with van der Waals surface area (Å²) in [7, 11) is 0.604. The van der Waals surface area contributed by atoms with Crippen LogP contribution in [0.25, 0.3) is 33.4 Å². The molecule has 2 nitrogen and oxygen atoms in total. The smallest absolute Gasteiger partial charge is 0.0746 e. The predicted octanol–water partition coefficient (Wildman–Crippen LogP) is 5.51. The molecule has 0 aliphatic heterocycles. The van der Waals surface area contributed by atoms with Crippen LogP contribution in [0.3, 0.4) is 0 Å². The molecule has 1 aromatic carbocycles. The van der Waals surface area contributed by atoms with Crippen LogP contribution in [0.2, 0.25) is 0 Å². The third kappa shape index (κ3) is 2.69. The maximum absolute atomic E-state index is 4.59. The highest BCUT2D eigenvalue weighted by molar-refractivity contribution is 7.34. The number of hydrogen-bond donors (Lipinski definition) is 0. The van der Waals surface area contributed by atoms with Gasteiger partial charge in [0.05, 0.1) is 11.4 Å². The molecule has 0 aliphatic carbocycles. The largest absolute Gasteiger partial charge is 0.256 e.